The van der Waals surface area contributed by atoms with Gasteiger partial charge in [-0.15, -0.1) is 0 Å². The molecule has 0 atom stereocenters. The van der Waals surface area contributed by atoms with Gasteiger partial charge >= 0.3 is 0 Å². The van der Waals surface area contributed by atoms with Gasteiger partial charge < -0.3 is 0 Å². The molecule has 0 aromatic heterocycles. The fraction of sp³-hybridized carbons (Fsp3) is 0. The van der Waals surface area contributed by atoms with Crippen molar-refractivity contribution in [1.29, 1.82) is 5.26 Å². The summed E-state index contributed by atoms with van der Waals surface area (Å²) in [5.41, 5.74) is 0.462. The van der Waals surface area contributed by atoms with E-state index in [2.05, 4.69) is 15.9 Å². The lowest BCUT2D eigenvalue weighted by Gasteiger charge is -2.04. The van der Waals surface area contributed by atoms with Crippen molar-refractivity contribution in [3.05, 3.63) is 58.1 Å². The Morgan fingerprint density at radius 3 is 2.61 bits per heavy atom. The third-order valence-corrected chi connectivity index (χ3v) is 3.58. The Kier molecular flexibility index (Phi) is 4.00. The second kappa shape index (κ2) is 5.51. The standard InChI is InChI=1S/C13H6BrF2NS/c14-9-3-8(7-17)4-11(5-9)18-13-6-10(15)1-2-12(13)16/h1-6H. The fourth-order valence-corrected chi connectivity index (χ4v) is 2.98. The first kappa shape index (κ1) is 13.1. The molecule has 0 spiro atoms. The van der Waals surface area contributed by atoms with Crippen LogP contribution in [0, 0.1) is 23.0 Å². The van der Waals surface area contributed by atoms with Crippen molar-refractivity contribution < 1.29 is 8.78 Å². The van der Waals surface area contributed by atoms with Crippen molar-refractivity contribution in [3.63, 3.8) is 0 Å². The molecule has 0 heterocycles. The molecular formula is C13H6BrF2NS. The maximum absolute atomic E-state index is 13.5. The van der Waals surface area contributed by atoms with E-state index in [-0.39, 0.29) is 4.90 Å². The average Bonchev–Trinajstić information content (AvgIpc) is 2.33. The van der Waals surface area contributed by atoms with Crippen molar-refractivity contribution in [3.8, 4) is 6.07 Å². The van der Waals surface area contributed by atoms with Gasteiger partial charge in [0.1, 0.15) is 11.6 Å². The minimum absolute atomic E-state index is 0.192. The molecule has 0 aliphatic heterocycles. The van der Waals surface area contributed by atoms with Gasteiger partial charge in [-0.25, -0.2) is 8.78 Å². The van der Waals surface area contributed by atoms with Crippen LogP contribution in [0.15, 0.2) is 50.7 Å². The molecule has 90 valence electrons. The van der Waals surface area contributed by atoms with E-state index in [1.165, 1.54) is 0 Å². The van der Waals surface area contributed by atoms with Crippen LogP contribution in [0.5, 0.6) is 0 Å². The zero-order valence-corrected chi connectivity index (χ0v) is 11.4. The van der Waals surface area contributed by atoms with E-state index in [1.54, 1.807) is 18.2 Å². The fourth-order valence-electron chi connectivity index (χ4n) is 1.37. The predicted octanol–water partition coefficient (Wildman–Crippen LogP) is 4.75. The Bertz CT molecular complexity index is 637. The second-order valence-corrected chi connectivity index (χ2v) is 5.50. The maximum atomic E-state index is 13.5. The summed E-state index contributed by atoms with van der Waals surface area (Å²) >= 11 is 4.34. The normalized spacial score (nSPS) is 10.1. The third-order valence-electron chi connectivity index (χ3n) is 2.12. The number of benzene rings is 2. The quantitative estimate of drug-likeness (QED) is 0.795. The van der Waals surface area contributed by atoms with Crippen molar-refractivity contribution in [1.82, 2.24) is 0 Å². The Labute approximate surface area is 116 Å². The Morgan fingerprint density at radius 1 is 1.11 bits per heavy atom. The third kappa shape index (κ3) is 3.09. The van der Waals surface area contributed by atoms with Crippen LogP contribution in [0.3, 0.4) is 0 Å². The number of nitrogens with zero attached hydrogens (tertiary/aromatic N) is 1. The van der Waals surface area contributed by atoms with E-state index in [1.807, 2.05) is 6.07 Å². The molecule has 0 amide bonds. The highest BCUT2D eigenvalue weighted by Gasteiger charge is 2.07. The lowest BCUT2D eigenvalue weighted by atomic mass is 10.2. The molecular weight excluding hydrogens is 320 g/mol. The van der Waals surface area contributed by atoms with Crippen LogP contribution >= 0.6 is 27.7 Å². The average molecular weight is 326 g/mol. The number of halogens is 3. The largest absolute Gasteiger partial charge is 0.207 e. The summed E-state index contributed by atoms with van der Waals surface area (Å²) in [6.45, 7) is 0. The van der Waals surface area contributed by atoms with E-state index in [0.29, 0.717) is 10.5 Å². The monoisotopic (exact) mass is 325 g/mol. The Balaban J connectivity index is 2.37. The van der Waals surface area contributed by atoms with Crippen molar-refractivity contribution in [2.75, 3.05) is 0 Å². The summed E-state index contributed by atoms with van der Waals surface area (Å²) < 4.78 is 27.2. The molecule has 0 fully saturated rings. The van der Waals surface area contributed by atoms with Crippen LogP contribution < -0.4 is 0 Å². The second-order valence-electron chi connectivity index (χ2n) is 3.46. The lowest BCUT2D eigenvalue weighted by Crippen LogP contribution is -1.84. The minimum Gasteiger partial charge on any atom is -0.207 e. The van der Waals surface area contributed by atoms with Crippen LogP contribution in [-0.2, 0) is 0 Å². The summed E-state index contributed by atoms with van der Waals surface area (Å²) in [4.78, 5) is 0.863. The molecule has 0 saturated heterocycles. The zero-order chi connectivity index (χ0) is 13.1. The molecule has 2 aromatic rings. The van der Waals surface area contributed by atoms with E-state index < -0.39 is 11.6 Å². The number of rotatable bonds is 2. The Morgan fingerprint density at radius 2 is 1.89 bits per heavy atom. The molecule has 0 aliphatic carbocycles. The first-order valence-corrected chi connectivity index (χ1v) is 6.53. The molecule has 0 N–H and O–H groups in total. The zero-order valence-electron chi connectivity index (χ0n) is 8.95. The van der Waals surface area contributed by atoms with Gasteiger partial charge in [-0.3, -0.25) is 0 Å². The Hall–Kier alpha value is -1.38. The number of hydrogen-bond donors (Lipinski definition) is 0. The van der Waals surface area contributed by atoms with E-state index in [4.69, 9.17) is 5.26 Å². The van der Waals surface area contributed by atoms with Crippen molar-refractivity contribution >= 4 is 27.7 Å². The highest BCUT2D eigenvalue weighted by molar-refractivity contribution is 9.10. The van der Waals surface area contributed by atoms with Crippen molar-refractivity contribution in [2.45, 2.75) is 9.79 Å². The van der Waals surface area contributed by atoms with Crippen molar-refractivity contribution in [2.24, 2.45) is 0 Å². The van der Waals surface area contributed by atoms with Crippen LogP contribution in [0.2, 0.25) is 0 Å². The highest BCUT2D eigenvalue weighted by Crippen LogP contribution is 2.32. The van der Waals surface area contributed by atoms with Crippen LogP contribution in [0.1, 0.15) is 5.56 Å². The van der Waals surface area contributed by atoms with E-state index in [9.17, 15) is 8.78 Å². The SMILES string of the molecule is N#Cc1cc(Br)cc(Sc2cc(F)ccc2F)c1. The minimum atomic E-state index is -0.491. The highest BCUT2D eigenvalue weighted by atomic mass is 79.9. The van der Waals surface area contributed by atoms with Gasteiger partial charge in [0.15, 0.2) is 0 Å². The summed E-state index contributed by atoms with van der Waals surface area (Å²) in [5.74, 6) is -0.978. The molecule has 5 heteroatoms. The van der Waals surface area contributed by atoms with Crippen LogP contribution in [0.4, 0.5) is 8.78 Å². The number of hydrogen-bond acceptors (Lipinski definition) is 2. The topological polar surface area (TPSA) is 23.8 Å². The van der Waals surface area contributed by atoms with Gasteiger partial charge in [-0.1, -0.05) is 27.7 Å². The molecule has 2 rings (SSSR count). The molecule has 0 saturated carbocycles. The van der Waals surface area contributed by atoms with Crippen LogP contribution in [-0.4, -0.2) is 0 Å². The molecule has 2 aromatic carbocycles. The van der Waals surface area contributed by atoms with Gasteiger partial charge in [0.2, 0.25) is 0 Å². The number of nitriles is 1. The summed E-state index contributed by atoms with van der Waals surface area (Å²) in [6.07, 6.45) is 0. The van der Waals surface area contributed by atoms with Gasteiger partial charge in [-0.2, -0.15) is 5.26 Å². The molecule has 18 heavy (non-hydrogen) atoms. The van der Waals surface area contributed by atoms with Gasteiger partial charge in [0.25, 0.3) is 0 Å². The molecule has 0 aliphatic rings. The summed E-state index contributed by atoms with van der Waals surface area (Å²) in [5, 5.41) is 8.84. The van der Waals surface area contributed by atoms with E-state index in [0.717, 1.165) is 34.4 Å². The smallest absolute Gasteiger partial charge is 0.137 e. The van der Waals surface area contributed by atoms with E-state index >= 15 is 0 Å². The van der Waals surface area contributed by atoms with Gasteiger partial charge in [0.05, 0.1) is 16.5 Å². The molecule has 0 bridgehead atoms. The lowest BCUT2D eigenvalue weighted by molar-refractivity contribution is 0.577. The molecule has 0 radical (unpaired) electrons. The molecule has 0 unspecified atom stereocenters. The molecule has 1 nitrogen and oxygen atoms in total. The summed E-state index contributed by atoms with van der Waals surface area (Å²) in [7, 11) is 0. The first-order chi connectivity index (χ1) is 8.58. The van der Waals surface area contributed by atoms with Crippen LogP contribution in [0.25, 0.3) is 0 Å². The first-order valence-electron chi connectivity index (χ1n) is 4.92. The van der Waals surface area contributed by atoms with Gasteiger partial charge in [0, 0.05) is 9.37 Å². The summed E-state index contributed by atoms with van der Waals surface area (Å²) in [6, 6.07) is 10.3. The van der Waals surface area contributed by atoms with Gasteiger partial charge in [-0.05, 0) is 36.4 Å². The predicted molar refractivity (Wildman–Crippen MR) is 69.3 cm³/mol. The maximum Gasteiger partial charge on any atom is 0.137 e.